The monoisotopic (exact) mass is 271 g/mol. The van der Waals surface area contributed by atoms with Crippen LogP contribution in [0, 0.1) is 0 Å². The first-order chi connectivity index (χ1) is 7.93. The Bertz CT molecular complexity index is 807. The number of hydrogen-bond acceptors (Lipinski definition) is 0. The number of para-hydroxylation sites is 1. The average Bonchev–Trinajstić information content (AvgIpc) is 2.92. The molecular weight excluding hydrogens is 261 g/mol. The van der Waals surface area contributed by atoms with Crippen LogP contribution in [0.1, 0.15) is 0 Å². The molecule has 2 aromatic carbocycles. The molecule has 2 heteroatoms. The number of aromatic amines is 1. The van der Waals surface area contributed by atoms with Gasteiger partial charge in [0.1, 0.15) is 0 Å². The standard InChI is InChI=1S/C14H9NSe/c1-2-4-12-9(3-1)10-5-6-13-11(7-8-16-13)14(10)15-12/h1-8,15H. The molecule has 76 valence electrons. The molecule has 2 aromatic heterocycles. The summed E-state index contributed by atoms with van der Waals surface area (Å²) in [5, 5.41) is 4.07. The van der Waals surface area contributed by atoms with Crippen molar-refractivity contribution in [2.75, 3.05) is 0 Å². The summed E-state index contributed by atoms with van der Waals surface area (Å²) in [5.74, 6) is 0. The van der Waals surface area contributed by atoms with Gasteiger partial charge in [-0.3, -0.25) is 0 Å². The normalized spacial score (nSPS) is 11.8. The van der Waals surface area contributed by atoms with Crippen molar-refractivity contribution in [3.63, 3.8) is 0 Å². The van der Waals surface area contributed by atoms with Crippen LogP contribution in [0.5, 0.6) is 0 Å². The van der Waals surface area contributed by atoms with Crippen LogP contribution in [-0.2, 0) is 0 Å². The summed E-state index contributed by atoms with van der Waals surface area (Å²) in [6.07, 6.45) is 0. The van der Waals surface area contributed by atoms with Gasteiger partial charge in [0.15, 0.2) is 0 Å². The van der Waals surface area contributed by atoms with Crippen LogP contribution in [-0.4, -0.2) is 19.5 Å². The molecule has 0 unspecified atom stereocenters. The van der Waals surface area contributed by atoms with Crippen molar-refractivity contribution in [2.24, 2.45) is 0 Å². The van der Waals surface area contributed by atoms with Crippen LogP contribution >= 0.6 is 0 Å². The van der Waals surface area contributed by atoms with Gasteiger partial charge in [-0.2, -0.15) is 0 Å². The van der Waals surface area contributed by atoms with E-state index in [0.717, 1.165) is 0 Å². The van der Waals surface area contributed by atoms with Crippen molar-refractivity contribution in [2.45, 2.75) is 0 Å². The van der Waals surface area contributed by atoms with Gasteiger partial charge >= 0.3 is 98.3 Å². The minimum atomic E-state index is 0.529. The topological polar surface area (TPSA) is 15.8 Å². The Morgan fingerprint density at radius 3 is 2.75 bits per heavy atom. The molecule has 4 aromatic rings. The van der Waals surface area contributed by atoms with Crippen LogP contribution in [0.25, 0.3) is 31.5 Å². The number of nitrogens with one attached hydrogen (secondary N) is 1. The zero-order valence-corrected chi connectivity index (χ0v) is 10.2. The Morgan fingerprint density at radius 2 is 1.75 bits per heavy atom. The van der Waals surface area contributed by atoms with E-state index in [1.807, 2.05) is 0 Å². The first kappa shape index (κ1) is 8.63. The number of hydrogen-bond donors (Lipinski definition) is 1. The summed E-state index contributed by atoms with van der Waals surface area (Å²) in [6, 6.07) is 15.3. The fourth-order valence-electron chi connectivity index (χ4n) is 2.36. The summed E-state index contributed by atoms with van der Waals surface area (Å²) in [7, 11) is 0. The third-order valence-electron chi connectivity index (χ3n) is 3.11. The van der Waals surface area contributed by atoms with Gasteiger partial charge in [0.05, 0.1) is 0 Å². The molecule has 0 saturated heterocycles. The van der Waals surface area contributed by atoms with Gasteiger partial charge in [-0.15, -0.1) is 0 Å². The Kier molecular flexibility index (Phi) is 1.62. The minimum absolute atomic E-state index is 0.529. The Hall–Kier alpha value is -1.50. The van der Waals surface area contributed by atoms with E-state index in [0.29, 0.717) is 14.5 Å². The van der Waals surface area contributed by atoms with E-state index in [-0.39, 0.29) is 0 Å². The van der Waals surface area contributed by atoms with E-state index < -0.39 is 0 Å². The predicted molar refractivity (Wildman–Crippen MR) is 70.3 cm³/mol. The molecule has 0 aliphatic carbocycles. The molecule has 0 radical (unpaired) electrons. The number of rotatable bonds is 0. The summed E-state index contributed by atoms with van der Waals surface area (Å²) in [6.45, 7) is 0. The summed E-state index contributed by atoms with van der Waals surface area (Å²) >= 11 is 0.529. The second-order valence-corrected chi connectivity index (χ2v) is 5.98. The van der Waals surface area contributed by atoms with Crippen molar-refractivity contribution in [1.29, 1.82) is 0 Å². The van der Waals surface area contributed by atoms with Gasteiger partial charge in [0, 0.05) is 0 Å². The SMILES string of the molecule is c1ccc2c(c1)[nH]c1c3cc[se]c3ccc21. The van der Waals surface area contributed by atoms with Gasteiger partial charge in [0.2, 0.25) is 0 Å². The first-order valence-electron chi connectivity index (χ1n) is 5.30. The molecular formula is C14H9NSe. The summed E-state index contributed by atoms with van der Waals surface area (Å²) < 4.78 is 1.49. The Balaban J connectivity index is 2.38. The summed E-state index contributed by atoms with van der Waals surface area (Å²) in [5.41, 5.74) is 2.54. The van der Waals surface area contributed by atoms with E-state index in [9.17, 15) is 0 Å². The van der Waals surface area contributed by atoms with E-state index in [4.69, 9.17) is 0 Å². The van der Waals surface area contributed by atoms with Crippen LogP contribution < -0.4 is 0 Å². The summed E-state index contributed by atoms with van der Waals surface area (Å²) in [4.78, 5) is 5.83. The molecule has 0 amide bonds. The van der Waals surface area contributed by atoms with E-state index >= 15 is 0 Å². The molecule has 0 fully saturated rings. The quantitative estimate of drug-likeness (QED) is 0.470. The van der Waals surface area contributed by atoms with Crippen molar-refractivity contribution < 1.29 is 0 Å². The number of benzene rings is 2. The van der Waals surface area contributed by atoms with Gasteiger partial charge in [0.25, 0.3) is 0 Å². The van der Waals surface area contributed by atoms with E-state index in [1.54, 1.807) is 0 Å². The van der Waals surface area contributed by atoms with E-state index in [1.165, 1.54) is 31.5 Å². The van der Waals surface area contributed by atoms with Crippen LogP contribution in [0.3, 0.4) is 0 Å². The van der Waals surface area contributed by atoms with Crippen LogP contribution in [0.2, 0.25) is 0 Å². The number of aromatic nitrogens is 1. The zero-order chi connectivity index (χ0) is 10.5. The van der Waals surface area contributed by atoms with Gasteiger partial charge < -0.3 is 0 Å². The molecule has 0 aliphatic heterocycles. The molecule has 16 heavy (non-hydrogen) atoms. The van der Waals surface area contributed by atoms with Crippen molar-refractivity contribution in [3.05, 3.63) is 47.4 Å². The fraction of sp³-hybridized carbons (Fsp3) is 0. The average molecular weight is 270 g/mol. The molecule has 0 bridgehead atoms. The maximum atomic E-state index is 3.54. The number of H-pyrrole nitrogens is 1. The maximum absolute atomic E-state index is 3.54. The zero-order valence-electron chi connectivity index (χ0n) is 8.53. The molecule has 0 spiro atoms. The molecule has 4 rings (SSSR count). The van der Waals surface area contributed by atoms with Crippen LogP contribution in [0.4, 0.5) is 0 Å². The molecule has 0 saturated carbocycles. The van der Waals surface area contributed by atoms with Gasteiger partial charge in [-0.1, -0.05) is 0 Å². The van der Waals surface area contributed by atoms with Crippen molar-refractivity contribution in [3.8, 4) is 0 Å². The van der Waals surface area contributed by atoms with Gasteiger partial charge in [-0.05, 0) is 0 Å². The second kappa shape index (κ2) is 3.00. The predicted octanol–water partition coefficient (Wildman–Crippen LogP) is 3.53. The van der Waals surface area contributed by atoms with Crippen LogP contribution in [0.15, 0.2) is 47.4 Å². The van der Waals surface area contributed by atoms with Crippen molar-refractivity contribution in [1.82, 2.24) is 4.98 Å². The first-order valence-corrected chi connectivity index (χ1v) is 7.15. The van der Waals surface area contributed by atoms with E-state index in [2.05, 4.69) is 52.4 Å². The Morgan fingerprint density at radius 1 is 0.812 bits per heavy atom. The molecule has 0 atom stereocenters. The van der Waals surface area contributed by atoms with Crippen molar-refractivity contribution >= 4 is 46.0 Å². The number of fused-ring (bicyclic) bond motifs is 5. The molecule has 0 aliphatic rings. The Labute approximate surface area is 98.4 Å². The molecule has 2 heterocycles. The second-order valence-electron chi connectivity index (χ2n) is 3.99. The third-order valence-corrected chi connectivity index (χ3v) is 4.96. The fourth-order valence-corrected chi connectivity index (χ4v) is 4.03. The third kappa shape index (κ3) is 1.01. The molecule has 1 N–H and O–H groups in total. The van der Waals surface area contributed by atoms with Gasteiger partial charge in [-0.25, -0.2) is 0 Å². The molecule has 1 nitrogen and oxygen atoms in total.